The lowest BCUT2D eigenvalue weighted by atomic mass is 10.0. The molecule has 0 amide bonds. The molecule has 1 atom stereocenters. The molecule has 62 valence electrons. The fourth-order valence-electron chi connectivity index (χ4n) is 1.03. The number of carbonyl (C=O) groups excluding carboxylic acids is 2. The molecule has 0 aromatic carbocycles. The van der Waals surface area contributed by atoms with Gasteiger partial charge in [-0.05, 0) is 12.8 Å². The molecule has 0 aromatic heterocycles. The van der Waals surface area contributed by atoms with Crippen LogP contribution in [0.5, 0.6) is 0 Å². The van der Waals surface area contributed by atoms with Crippen molar-refractivity contribution in [2.24, 2.45) is 5.92 Å². The third-order valence-corrected chi connectivity index (χ3v) is 1.65. The zero-order valence-corrected chi connectivity index (χ0v) is 6.33. The summed E-state index contributed by atoms with van der Waals surface area (Å²) < 4.78 is 9.09. The molecule has 1 fully saturated rings. The number of hydrogen-bond donors (Lipinski definition) is 0. The van der Waals surface area contributed by atoms with Crippen molar-refractivity contribution in [3.05, 3.63) is 0 Å². The number of hydrogen-bond acceptors (Lipinski definition) is 4. The van der Waals surface area contributed by atoms with E-state index in [0.717, 1.165) is 6.42 Å². The van der Waals surface area contributed by atoms with Crippen LogP contribution < -0.4 is 0 Å². The Morgan fingerprint density at radius 3 is 3.00 bits per heavy atom. The molecule has 0 N–H and O–H groups in total. The fraction of sp³-hybridized carbons (Fsp3) is 0.714. The highest BCUT2D eigenvalue weighted by Gasteiger charge is 2.31. The minimum atomic E-state index is -0.686. The SMILES string of the molecule is COC(=O)C1CCCOC1=O. The van der Waals surface area contributed by atoms with Gasteiger partial charge in [0, 0.05) is 0 Å². The van der Waals surface area contributed by atoms with E-state index in [0.29, 0.717) is 13.0 Å². The molecule has 4 heteroatoms. The van der Waals surface area contributed by atoms with Crippen molar-refractivity contribution in [3.63, 3.8) is 0 Å². The van der Waals surface area contributed by atoms with Crippen LogP contribution in [0.25, 0.3) is 0 Å². The smallest absolute Gasteiger partial charge is 0.320 e. The standard InChI is InChI=1S/C7H10O4/c1-10-6(8)5-3-2-4-11-7(5)9/h5H,2-4H2,1H3. The van der Waals surface area contributed by atoms with Crippen LogP contribution >= 0.6 is 0 Å². The van der Waals surface area contributed by atoms with Gasteiger partial charge in [0.05, 0.1) is 13.7 Å². The van der Waals surface area contributed by atoms with Gasteiger partial charge in [-0.2, -0.15) is 0 Å². The molecular formula is C7H10O4. The van der Waals surface area contributed by atoms with E-state index >= 15 is 0 Å². The summed E-state index contributed by atoms with van der Waals surface area (Å²) in [5.41, 5.74) is 0. The fourth-order valence-corrected chi connectivity index (χ4v) is 1.03. The van der Waals surface area contributed by atoms with Crippen LogP contribution in [-0.4, -0.2) is 25.7 Å². The first-order valence-corrected chi connectivity index (χ1v) is 3.50. The molecule has 1 aliphatic heterocycles. The summed E-state index contributed by atoms with van der Waals surface area (Å²) in [5, 5.41) is 0. The van der Waals surface area contributed by atoms with E-state index in [4.69, 9.17) is 0 Å². The van der Waals surface area contributed by atoms with E-state index in [1.165, 1.54) is 7.11 Å². The number of ether oxygens (including phenoxy) is 2. The van der Waals surface area contributed by atoms with Crippen LogP contribution in [0.4, 0.5) is 0 Å². The number of rotatable bonds is 1. The van der Waals surface area contributed by atoms with E-state index in [2.05, 4.69) is 9.47 Å². The van der Waals surface area contributed by atoms with Crippen LogP contribution in [0, 0.1) is 5.92 Å². The normalized spacial score (nSPS) is 24.1. The van der Waals surface area contributed by atoms with Crippen molar-refractivity contribution in [2.75, 3.05) is 13.7 Å². The second-order valence-electron chi connectivity index (χ2n) is 2.39. The van der Waals surface area contributed by atoms with Gasteiger partial charge in [0.15, 0.2) is 5.92 Å². The lowest BCUT2D eigenvalue weighted by molar-refractivity contribution is -0.164. The topological polar surface area (TPSA) is 52.6 Å². The van der Waals surface area contributed by atoms with Gasteiger partial charge in [-0.25, -0.2) is 0 Å². The Labute approximate surface area is 64.5 Å². The third-order valence-electron chi connectivity index (χ3n) is 1.65. The summed E-state index contributed by atoms with van der Waals surface area (Å²) >= 11 is 0. The molecular weight excluding hydrogens is 148 g/mol. The molecule has 4 nitrogen and oxygen atoms in total. The van der Waals surface area contributed by atoms with E-state index in [-0.39, 0.29) is 0 Å². The summed E-state index contributed by atoms with van der Waals surface area (Å²) in [4.78, 5) is 21.7. The monoisotopic (exact) mass is 158 g/mol. The van der Waals surface area contributed by atoms with E-state index in [1.54, 1.807) is 0 Å². The van der Waals surface area contributed by atoms with Crippen molar-refractivity contribution >= 4 is 11.9 Å². The average molecular weight is 158 g/mol. The largest absolute Gasteiger partial charge is 0.468 e. The second kappa shape index (κ2) is 3.37. The first kappa shape index (κ1) is 8.04. The first-order chi connectivity index (χ1) is 5.25. The van der Waals surface area contributed by atoms with Gasteiger partial charge in [-0.1, -0.05) is 0 Å². The molecule has 0 radical (unpaired) electrons. The average Bonchev–Trinajstić information content (AvgIpc) is 2.04. The van der Waals surface area contributed by atoms with E-state index < -0.39 is 17.9 Å². The zero-order chi connectivity index (χ0) is 8.27. The Bertz CT molecular complexity index is 167. The Balaban J connectivity index is 2.54. The molecule has 1 rings (SSSR count). The van der Waals surface area contributed by atoms with Crippen LogP contribution in [0.3, 0.4) is 0 Å². The molecule has 0 saturated carbocycles. The molecule has 1 heterocycles. The first-order valence-electron chi connectivity index (χ1n) is 3.50. The molecule has 0 aliphatic carbocycles. The van der Waals surface area contributed by atoms with Crippen molar-refractivity contribution in [1.29, 1.82) is 0 Å². The van der Waals surface area contributed by atoms with Gasteiger partial charge in [-0.15, -0.1) is 0 Å². The number of esters is 2. The van der Waals surface area contributed by atoms with Crippen molar-refractivity contribution < 1.29 is 19.1 Å². The van der Waals surface area contributed by atoms with Gasteiger partial charge in [0.1, 0.15) is 0 Å². The van der Waals surface area contributed by atoms with Crippen molar-refractivity contribution in [3.8, 4) is 0 Å². The minimum absolute atomic E-state index is 0.423. The summed E-state index contributed by atoms with van der Waals surface area (Å²) in [6.07, 6.45) is 1.29. The van der Waals surface area contributed by atoms with Crippen molar-refractivity contribution in [2.45, 2.75) is 12.8 Å². The Kier molecular flexibility index (Phi) is 2.46. The second-order valence-corrected chi connectivity index (χ2v) is 2.39. The lowest BCUT2D eigenvalue weighted by Crippen LogP contribution is -2.31. The molecule has 0 spiro atoms. The maximum absolute atomic E-state index is 10.9. The van der Waals surface area contributed by atoms with Crippen LogP contribution in [0.15, 0.2) is 0 Å². The predicted molar refractivity (Wildman–Crippen MR) is 35.7 cm³/mol. The zero-order valence-electron chi connectivity index (χ0n) is 6.33. The quantitative estimate of drug-likeness (QED) is 0.401. The number of methoxy groups -OCH3 is 1. The molecule has 0 bridgehead atoms. The molecule has 1 saturated heterocycles. The minimum Gasteiger partial charge on any atom is -0.468 e. The highest BCUT2D eigenvalue weighted by atomic mass is 16.5. The molecule has 11 heavy (non-hydrogen) atoms. The molecule has 1 aliphatic rings. The molecule has 0 aromatic rings. The summed E-state index contributed by atoms with van der Waals surface area (Å²) in [6.45, 7) is 0.423. The summed E-state index contributed by atoms with van der Waals surface area (Å²) in [7, 11) is 1.27. The van der Waals surface area contributed by atoms with Crippen LogP contribution in [0.1, 0.15) is 12.8 Å². The predicted octanol–water partition coefficient (Wildman–Crippen LogP) is 0.113. The maximum atomic E-state index is 10.9. The van der Waals surface area contributed by atoms with Crippen LogP contribution in [-0.2, 0) is 19.1 Å². The maximum Gasteiger partial charge on any atom is 0.320 e. The van der Waals surface area contributed by atoms with Crippen molar-refractivity contribution in [1.82, 2.24) is 0 Å². The third kappa shape index (κ3) is 1.69. The summed E-state index contributed by atoms with van der Waals surface area (Å²) in [6, 6.07) is 0. The highest BCUT2D eigenvalue weighted by Crippen LogP contribution is 2.15. The van der Waals surface area contributed by atoms with E-state index in [9.17, 15) is 9.59 Å². The molecule has 1 unspecified atom stereocenters. The van der Waals surface area contributed by atoms with Gasteiger partial charge in [0.2, 0.25) is 0 Å². The Morgan fingerprint density at radius 1 is 1.73 bits per heavy atom. The number of cyclic esters (lactones) is 1. The van der Waals surface area contributed by atoms with Gasteiger partial charge in [0.25, 0.3) is 0 Å². The van der Waals surface area contributed by atoms with E-state index in [1.807, 2.05) is 0 Å². The number of carbonyl (C=O) groups is 2. The van der Waals surface area contributed by atoms with Gasteiger partial charge in [-0.3, -0.25) is 9.59 Å². The Hall–Kier alpha value is -1.06. The summed E-state index contributed by atoms with van der Waals surface area (Å²) in [5.74, 6) is -1.63. The van der Waals surface area contributed by atoms with Gasteiger partial charge >= 0.3 is 11.9 Å². The highest BCUT2D eigenvalue weighted by molar-refractivity contribution is 5.95. The lowest BCUT2D eigenvalue weighted by Gasteiger charge is -2.18. The van der Waals surface area contributed by atoms with Crippen LogP contribution in [0.2, 0.25) is 0 Å². The van der Waals surface area contributed by atoms with Gasteiger partial charge < -0.3 is 9.47 Å². The Morgan fingerprint density at radius 2 is 2.45 bits per heavy atom.